The van der Waals surface area contributed by atoms with Gasteiger partial charge in [0.1, 0.15) is 11.5 Å². The molecular formula is C19H22O2. The monoisotopic (exact) mass is 282 g/mol. The summed E-state index contributed by atoms with van der Waals surface area (Å²) in [5.74, 6) is 1.14. The van der Waals surface area contributed by atoms with Crippen molar-refractivity contribution in [1.29, 1.82) is 0 Å². The summed E-state index contributed by atoms with van der Waals surface area (Å²) in [5.41, 5.74) is 4.72. The maximum atomic E-state index is 12.1. The molecular weight excluding hydrogens is 260 g/mol. The molecule has 0 aromatic heterocycles. The second kappa shape index (κ2) is 7.07. The summed E-state index contributed by atoms with van der Waals surface area (Å²) in [4.78, 5) is 12.1. The van der Waals surface area contributed by atoms with Crippen molar-refractivity contribution >= 4 is 5.78 Å². The van der Waals surface area contributed by atoms with Crippen LogP contribution in [-0.4, -0.2) is 12.9 Å². The Hall–Kier alpha value is -2.09. The lowest BCUT2D eigenvalue weighted by molar-refractivity contribution is -0.118. The van der Waals surface area contributed by atoms with Gasteiger partial charge in [-0.05, 0) is 49.1 Å². The molecule has 0 unspecified atom stereocenters. The van der Waals surface area contributed by atoms with E-state index in [-0.39, 0.29) is 0 Å². The fraction of sp³-hybridized carbons (Fsp3) is 0.316. The van der Waals surface area contributed by atoms with Crippen molar-refractivity contribution in [3.63, 3.8) is 0 Å². The van der Waals surface area contributed by atoms with E-state index in [0.29, 0.717) is 18.6 Å². The molecule has 2 aromatic carbocycles. The van der Waals surface area contributed by atoms with Crippen LogP contribution in [0.15, 0.2) is 42.5 Å². The predicted octanol–water partition coefficient (Wildman–Crippen LogP) is 4.06. The summed E-state index contributed by atoms with van der Waals surface area (Å²) in [6.07, 6.45) is 1.90. The van der Waals surface area contributed by atoms with Gasteiger partial charge in [0.2, 0.25) is 0 Å². The third kappa shape index (κ3) is 4.45. The largest absolute Gasteiger partial charge is 0.497 e. The quantitative estimate of drug-likeness (QED) is 0.798. The van der Waals surface area contributed by atoms with Crippen LogP contribution in [0.5, 0.6) is 5.75 Å². The van der Waals surface area contributed by atoms with E-state index < -0.39 is 0 Å². The third-order valence-electron chi connectivity index (χ3n) is 3.74. The van der Waals surface area contributed by atoms with E-state index in [4.69, 9.17) is 4.74 Å². The van der Waals surface area contributed by atoms with Gasteiger partial charge >= 0.3 is 0 Å². The first-order valence-electron chi connectivity index (χ1n) is 7.29. The molecule has 0 saturated carbocycles. The van der Waals surface area contributed by atoms with E-state index in [1.807, 2.05) is 24.3 Å². The summed E-state index contributed by atoms with van der Waals surface area (Å²) < 4.78 is 5.13. The van der Waals surface area contributed by atoms with Gasteiger partial charge < -0.3 is 4.74 Å². The second-order valence-electron chi connectivity index (χ2n) is 5.49. The van der Waals surface area contributed by atoms with Crippen molar-refractivity contribution in [2.24, 2.45) is 0 Å². The molecule has 2 nitrogen and oxygen atoms in total. The van der Waals surface area contributed by atoms with E-state index in [1.165, 1.54) is 16.7 Å². The minimum absolute atomic E-state index is 0.291. The molecule has 0 amide bonds. The van der Waals surface area contributed by atoms with Gasteiger partial charge in [0.25, 0.3) is 0 Å². The highest BCUT2D eigenvalue weighted by Gasteiger charge is 2.07. The molecule has 0 aliphatic heterocycles. The lowest BCUT2D eigenvalue weighted by Crippen LogP contribution is -2.06. The van der Waals surface area contributed by atoms with Crippen molar-refractivity contribution in [2.45, 2.75) is 33.1 Å². The molecule has 0 heterocycles. The number of hydrogen-bond donors (Lipinski definition) is 0. The van der Waals surface area contributed by atoms with Crippen molar-refractivity contribution in [3.8, 4) is 5.75 Å². The Morgan fingerprint density at radius 2 is 1.76 bits per heavy atom. The molecule has 2 heteroatoms. The first-order valence-corrected chi connectivity index (χ1v) is 7.29. The standard InChI is InChI=1S/C19H22O2/c1-14-4-5-15(2)17(12-14)13-18(20)9-6-16-7-10-19(21-3)11-8-16/h4-5,7-8,10-12H,6,9,13H2,1-3H3. The molecule has 0 aliphatic rings. The lowest BCUT2D eigenvalue weighted by Gasteiger charge is -2.07. The number of benzene rings is 2. The molecule has 21 heavy (non-hydrogen) atoms. The summed E-state index contributed by atoms with van der Waals surface area (Å²) in [7, 11) is 1.66. The number of aryl methyl sites for hydroxylation is 3. The first kappa shape index (κ1) is 15.3. The number of rotatable bonds is 6. The molecule has 110 valence electrons. The minimum Gasteiger partial charge on any atom is -0.497 e. The van der Waals surface area contributed by atoms with Gasteiger partial charge in [-0.2, -0.15) is 0 Å². The fourth-order valence-corrected chi connectivity index (χ4v) is 2.37. The topological polar surface area (TPSA) is 26.3 Å². The molecule has 0 radical (unpaired) electrons. The highest BCUT2D eigenvalue weighted by atomic mass is 16.5. The lowest BCUT2D eigenvalue weighted by atomic mass is 9.98. The smallest absolute Gasteiger partial charge is 0.137 e. The Labute approximate surface area is 126 Å². The molecule has 2 rings (SSSR count). The zero-order valence-corrected chi connectivity index (χ0v) is 13.0. The number of carbonyl (C=O) groups is 1. The van der Waals surface area contributed by atoms with Crippen molar-refractivity contribution in [1.82, 2.24) is 0 Å². The van der Waals surface area contributed by atoms with Gasteiger partial charge in [0.05, 0.1) is 7.11 Å². The van der Waals surface area contributed by atoms with Gasteiger partial charge in [0, 0.05) is 12.8 Å². The maximum Gasteiger partial charge on any atom is 0.137 e. The van der Waals surface area contributed by atoms with Gasteiger partial charge in [-0.3, -0.25) is 4.79 Å². The highest BCUT2D eigenvalue weighted by molar-refractivity contribution is 5.81. The van der Waals surface area contributed by atoms with E-state index in [2.05, 4.69) is 32.0 Å². The van der Waals surface area contributed by atoms with Gasteiger partial charge in [-0.15, -0.1) is 0 Å². The van der Waals surface area contributed by atoms with Crippen LogP contribution in [0.3, 0.4) is 0 Å². The van der Waals surface area contributed by atoms with Gasteiger partial charge in [-0.25, -0.2) is 0 Å². The number of ketones is 1. The van der Waals surface area contributed by atoms with Crippen LogP contribution >= 0.6 is 0 Å². The van der Waals surface area contributed by atoms with Crippen LogP contribution in [0, 0.1) is 13.8 Å². The summed E-state index contributed by atoms with van der Waals surface area (Å²) >= 11 is 0. The van der Waals surface area contributed by atoms with Crippen molar-refractivity contribution < 1.29 is 9.53 Å². The molecule has 0 saturated heterocycles. The first-order chi connectivity index (χ1) is 10.1. The molecule has 0 spiro atoms. The fourth-order valence-electron chi connectivity index (χ4n) is 2.37. The van der Waals surface area contributed by atoms with Crippen LogP contribution in [0.2, 0.25) is 0 Å². The average Bonchev–Trinajstić information content (AvgIpc) is 2.49. The molecule has 0 aliphatic carbocycles. The Balaban J connectivity index is 1.91. The minimum atomic E-state index is 0.291. The van der Waals surface area contributed by atoms with Crippen LogP contribution in [-0.2, 0) is 17.6 Å². The number of ether oxygens (including phenoxy) is 1. The summed E-state index contributed by atoms with van der Waals surface area (Å²) in [6.45, 7) is 4.12. The Kier molecular flexibility index (Phi) is 5.15. The van der Waals surface area contributed by atoms with E-state index in [9.17, 15) is 4.79 Å². The highest BCUT2D eigenvalue weighted by Crippen LogP contribution is 2.15. The van der Waals surface area contributed by atoms with Crippen LogP contribution < -0.4 is 4.74 Å². The Morgan fingerprint density at radius 3 is 2.43 bits per heavy atom. The molecule has 0 N–H and O–H groups in total. The van der Waals surface area contributed by atoms with E-state index in [1.54, 1.807) is 7.11 Å². The number of methoxy groups -OCH3 is 1. The second-order valence-corrected chi connectivity index (χ2v) is 5.49. The van der Waals surface area contributed by atoms with E-state index >= 15 is 0 Å². The molecule has 0 bridgehead atoms. The Bertz CT molecular complexity index is 612. The average molecular weight is 282 g/mol. The van der Waals surface area contributed by atoms with E-state index in [0.717, 1.165) is 17.7 Å². The molecule has 2 aromatic rings. The zero-order valence-electron chi connectivity index (χ0n) is 13.0. The normalized spacial score (nSPS) is 10.4. The SMILES string of the molecule is COc1ccc(CCC(=O)Cc2cc(C)ccc2C)cc1. The van der Waals surface area contributed by atoms with Gasteiger partial charge in [-0.1, -0.05) is 35.9 Å². The summed E-state index contributed by atoms with van der Waals surface area (Å²) in [5, 5.41) is 0. The third-order valence-corrected chi connectivity index (χ3v) is 3.74. The molecule has 0 fully saturated rings. The number of hydrogen-bond acceptors (Lipinski definition) is 2. The number of carbonyl (C=O) groups excluding carboxylic acids is 1. The van der Waals surface area contributed by atoms with Crippen LogP contribution in [0.4, 0.5) is 0 Å². The maximum absolute atomic E-state index is 12.1. The van der Waals surface area contributed by atoms with Crippen molar-refractivity contribution in [3.05, 3.63) is 64.7 Å². The molecule has 0 atom stereocenters. The van der Waals surface area contributed by atoms with Crippen molar-refractivity contribution in [2.75, 3.05) is 7.11 Å². The van der Waals surface area contributed by atoms with Crippen LogP contribution in [0.25, 0.3) is 0 Å². The number of Topliss-reactive ketones (excluding diaryl/α,β-unsaturated/α-hetero) is 1. The Morgan fingerprint density at radius 1 is 1.05 bits per heavy atom. The predicted molar refractivity (Wildman–Crippen MR) is 85.9 cm³/mol. The van der Waals surface area contributed by atoms with Crippen LogP contribution in [0.1, 0.15) is 28.7 Å². The summed E-state index contributed by atoms with van der Waals surface area (Å²) in [6, 6.07) is 14.2. The zero-order chi connectivity index (χ0) is 15.2. The van der Waals surface area contributed by atoms with Gasteiger partial charge in [0.15, 0.2) is 0 Å².